The standard InChI is InChI=1S/C8H16N2OS3/c1-9-7(11-2)14-6-5-10-8(12-3)13-4/h5-6H2,1-4H3/b9-7-. The molecular formula is C8H16N2OS3. The van der Waals surface area contributed by atoms with E-state index in [1.165, 1.54) is 0 Å². The van der Waals surface area contributed by atoms with Crippen LogP contribution in [-0.4, -0.2) is 48.6 Å². The summed E-state index contributed by atoms with van der Waals surface area (Å²) < 4.78 is 6.14. The van der Waals surface area contributed by atoms with Gasteiger partial charge in [0.15, 0.2) is 0 Å². The van der Waals surface area contributed by atoms with Crippen molar-refractivity contribution in [1.29, 1.82) is 0 Å². The van der Waals surface area contributed by atoms with Gasteiger partial charge in [-0.1, -0.05) is 11.8 Å². The van der Waals surface area contributed by atoms with Gasteiger partial charge >= 0.3 is 0 Å². The van der Waals surface area contributed by atoms with Crippen LogP contribution in [0.4, 0.5) is 0 Å². The fourth-order valence-corrected chi connectivity index (χ4v) is 2.41. The fraction of sp³-hybridized carbons (Fsp3) is 0.750. The number of hydrogen-bond acceptors (Lipinski definition) is 6. The number of rotatable bonds is 3. The van der Waals surface area contributed by atoms with Crippen LogP contribution in [0.3, 0.4) is 0 Å². The third-order valence-corrected chi connectivity index (χ3v) is 4.20. The Hall–Kier alpha value is 0.190. The summed E-state index contributed by atoms with van der Waals surface area (Å²) in [5, 5.41) is 0.718. The fourth-order valence-electron chi connectivity index (χ4n) is 0.697. The van der Waals surface area contributed by atoms with Gasteiger partial charge in [-0.25, -0.2) is 4.99 Å². The van der Waals surface area contributed by atoms with E-state index in [0.717, 1.165) is 21.9 Å². The van der Waals surface area contributed by atoms with Gasteiger partial charge in [-0.15, -0.1) is 23.5 Å². The normalized spacial score (nSPS) is 11.3. The Morgan fingerprint density at radius 1 is 1.29 bits per heavy atom. The molecule has 0 unspecified atom stereocenters. The molecule has 0 N–H and O–H groups in total. The predicted molar refractivity (Wildman–Crippen MR) is 72.2 cm³/mol. The summed E-state index contributed by atoms with van der Waals surface area (Å²) in [5.74, 6) is 0.908. The van der Waals surface area contributed by atoms with Gasteiger partial charge in [0, 0.05) is 12.8 Å². The second kappa shape index (κ2) is 9.73. The van der Waals surface area contributed by atoms with E-state index in [0.29, 0.717) is 0 Å². The highest BCUT2D eigenvalue weighted by molar-refractivity contribution is 8.38. The molecule has 0 saturated heterocycles. The number of ether oxygens (including phenoxy) is 1. The van der Waals surface area contributed by atoms with Gasteiger partial charge in [0.1, 0.15) is 4.38 Å². The van der Waals surface area contributed by atoms with Crippen molar-refractivity contribution in [2.75, 3.05) is 39.0 Å². The minimum absolute atomic E-state index is 0.718. The van der Waals surface area contributed by atoms with E-state index >= 15 is 0 Å². The summed E-state index contributed by atoms with van der Waals surface area (Å²) >= 11 is 4.95. The highest BCUT2D eigenvalue weighted by atomic mass is 32.2. The van der Waals surface area contributed by atoms with E-state index in [1.807, 2.05) is 12.5 Å². The van der Waals surface area contributed by atoms with Crippen molar-refractivity contribution in [3.63, 3.8) is 0 Å². The van der Waals surface area contributed by atoms with Crippen molar-refractivity contribution in [2.24, 2.45) is 9.98 Å². The molecule has 14 heavy (non-hydrogen) atoms. The van der Waals surface area contributed by atoms with Crippen LogP contribution in [0.5, 0.6) is 0 Å². The molecule has 3 nitrogen and oxygen atoms in total. The van der Waals surface area contributed by atoms with Crippen LogP contribution in [0.1, 0.15) is 0 Å². The highest BCUT2D eigenvalue weighted by Gasteiger charge is 1.97. The minimum Gasteiger partial charge on any atom is -0.476 e. The molecule has 0 aliphatic carbocycles. The molecule has 0 aromatic heterocycles. The molecule has 0 spiro atoms. The van der Waals surface area contributed by atoms with Crippen LogP contribution in [0.2, 0.25) is 0 Å². The van der Waals surface area contributed by atoms with E-state index in [-0.39, 0.29) is 0 Å². The zero-order valence-electron chi connectivity index (χ0n) is 8.94. The van der Waals surface area contributed by atoms with Crippen molar-refractivity contribution in [3.05, 3.63) is 0 Å². The second-order valence-corrected chi connectivity index (χ2v) is 4.99. The topological polar surface area (TPSA) is 34.0 Å². The molecule has 0 aromatic rings. The van der Waals surface area contributed by atoms with Crippen LogP contribution in [0, 0.1) is 0 Å². The summed E-state index contributed by atoms with van der Waals surface area (Å²) in [6, 6.07) is 0. The van der Waals surface area contributed by atoms with Gasteiger partial charge in [-0.2, -0.15) is 0 Å². The van der Waals surface area contributed by atoms with Crippen LogP contribution in [0.25, 0.3) is 0 Å². The summed E-state index contributed by atoms with van der Waals surface area (Å²) in [7, 11) is 3.36. The third kappa shape index (κ3) is 6.62. The maximum Gasteiger partial charge on any atom is 0.245 e. The number of thioether (sulfide) groups is 3. The second-order valence-electron chi connectivity index (χ2n) is 2.10. The predicted octanol–water partition coefficient (Wildman–Crippen LogP) is 2.43. The quantitative estimate of drug-likeness (QED) is 0.439. The Morgan fingerprint density at radius 2 is 1.93 bits per heavy atom. The summed E-state index contributed by atoms with van der Waals surface area (Å²) in [5.41, 5.74) is 0. The van der Waals surface area contributed by atoms with Crippen LogP contribution < -0.4 is 0 Å². The largest absolute Gasteiger partial charge is 0.476 e. The lowest BCUT2D eigenvalue weighted by Crippen LogP contribution is -1.99. The number of aliphatic imine (C=N–C) groups is 2. The maximum absolute atomic E-state index is 5.01. The Morgan fingerprint density at radius 3 is 2.36 bits per heavy atom. The molecule has 0 rings (SSSR count). The summed E-state index contributed by atoms with van der Waals surface area (Å²) in [6.07, 6.45) is 4.08. The first kappa shape index (κ1) is 14.2. The highest BCUT2D eigenvalue weighted by Crippen LogP contribution is 2.11. The molecular weight excluding hydrogens is 236 g/mol. The lowest BCUT2D eigenvalue weighted by molar-refractivity contribution is 0.415. The van der Waals surface area contributed by atoms with Gasteiger partial charge in [-0.05, 0) is 12.5 Å². The lowest BCUT2D eigenvalue weighted by atomic mass is 10.8. The van der Waals surface area contributed by atoms with E-state index in [2.05, 4.69) is 9.98 Å². The zero-order valence-corrected chi connectivity index (χ0v) is 11.4. The van der Waals surface area contributed by atoms with Gasteiger partial charge in [0.25, 0.3) is 0 Å². The Balaban J connectivity index is 3.69. The average molecular weight is 252 g/mol. The molecule has 0 atom stereocenters. The van der Waals surface area contributed by atoms with E-state index in [1.54, 1.807) is 49.4 Å². The summed E-state index contributed by atoms with van der Waals surface area (Å²) in [6.45, 7) is 0.810. The monoisotopic (exact) mass is 252 g/mol. The number of methoxy groups -OCH3 is 1. The maximum atomic E-state index is 5.01. The molecule has 0 amide bonds. The van der Waals surface area contributed by atoms with Crippen molar-refractivity contribution in [3.8, 4) is 0 Å². The van der Waals surface area contributed by atoms with Crippen LogP contribution in [0.15, 0.2) is 9.98 Å². The average Bonchev–Trinajstić information content (AvgIpc) is 2.24. The van der Waals surface area contributed by atoms with E-state index in [4.69, 9.17) is 4.74 Å². The van der Waals surface area contributed by atoms with Crippen molar-refractivity contribution < 1.29 is 4.74 Å². The molecule has 0 heterocycles. The van der Waals surface area contributed by atoms with Gasteiger partial charge in [0.05, 0.1) is 13.7 Å². The van der Waals surface area contributed by atoms with E-state index in [9.17, 15) is 0 Å². The molecule has 0 bridgehead atoms. The Kier molecular flexibility index (Phi) is 9.87. The molecule has 82 valence electrons. The SMILES string of the molecule is C/N=C(/OC)SCCN=C(SC)SC. The lowest BCUT2D eigenvalue weighted by Gasteiger charge is -2.02. The van der Waals surface area contributed by atoms with Gasteiger partial charge in [0.2, 0.25) is 5.23 Å². The van der Waals surface area contributed by atoms with Gasteiger partial charge in [-0.3, -0.25) is 4.99 Å². The van der Waals surface area contributed by atoms with E-state index < -0.39 is 0 Å². The first-order valence-electron chi connectivity index (χ1n) is 4.04. The molecule has 0 aliphatic heterocycles. The molecule has 0 radical (unpaired) electrons. The van der Waals surface area contributed by atoms with Crippen molar-refractivity contribution in [1.82, 2.24) is 0 Å². The molecule has 0 aliphatic rings. The molecule has 0 saturated carbocycles. The van der Waals surface area contributed by atoms with Crippen molar-refractivity contribution >= 4 is 44.9 Å². The van der Waals surface area contributed by atoms with Crippen LogP contribution >= 0.6 is 35.3 Å². The van der Waals surface area contributed by atoms with Gasteiger partial charge < -0.3 is 4.74 Å². The Labute approximate surface area is 98.6 Å². The molecule has 6 heteroatoms. The molecule has 0 fully saturated rings. The number of hydrogen-bond donors (Lipinski definition) is 0. The third-order valence-electron chi connectivity index (χ3n) is 1.26. The zero-order chi connectivity index (χ0) is 10.8. The van der Waals surface area contributed by atoms with Crippen LogP contribution in [-0.2, 0) is 4.74 Å². The Bertz CT molecular complexity index is 201. The minimum atomic E-state index is 0.718. The first-order valence-corrected chi connectivity index (χ1v) is 7.48. The summed E-state index contributed by atoms with van der Waals surface area (Å²) in [4.78, 5) is 8.37. The smallest absolute Gasteiger partial charge is 0.245 e. The molecule has 0 aromatic carbocycles. The number of nitrogens with zero attached hydrogens (tertiary/aromatic N) is 2. The first-order chi connectivity index (χ1) is 6.78. The van der Waals surface area contributed by atoms with Crippen molar-refractivity contribution in [2.45, 2.75) is 0 Å².